The Morgan fingerprint density at radius 2 is 1.58 bits per heavy atom. The number of para-hydroxylation sites is 1. The summed E-state index contributed by atoms with van der Waals surface area (Å²) < 4.78 is 22.7. The van der Waals surface area contributed by atoms with Gasteiger partial charge in [0.2, 0.25) is 0 Å². The van der Waals surface area contributed by atoms with Gasteiger partial charge in [-0.3, -0.25) is 4.79 Å². The van der Waals surface area contributed by atoms with E-state index in [-0.39, 0.29) is 11.7 Å². The minimum atomic E-state index is -3.07. The molecule has 0 saturated carbocycles. The van der Waals surface area contributed by atoms with Gasteiger partial charge in [0.25, 0.3) is 5.91 Å². The highest BCUT2D eigenvalue weighted by Gasteiger charge is 2.23. The lowest BCUT2D eigenvalue weighted by Crippen LogP contribution is -2.49. The third-order valence-electron chi connectivity index (χ3n) is 4.65. The molecule has 1 aliphatic heterocycles. The van der Waals surface area contributed by atoms with E-state index in [2.05, 4.69) is 24.0 Å². The maximum absolute atomic E-state index is 12.7. The molecular formula is C20H24N2O3S. The monoisotopic (exact) mass is 372 g/mol. The number of rotatable bonds is 4. The summed E-state index contributed by atoms with van der Waals surface area (Å²) >= 11 is 0. The first-order chi connectivity index (χ1) is 12.3. The Kier molecular flexibility index (Phi) is 5.32. The van der Waals surface area contributed by atoms with Crippen molar-refractivity contribution in [1.29, 1.82) is 0 Å². The average molecular weight is 372 g/mol. The van der Waals surface area contributed by atoms with Crippen LogP contribution in [0.25, 0.3) is 0 Å². The number of hydrogen-bond acceptors (Lipinski definition) is 4. The fourth-order valence-corrected chi connectivity index (χ4v) is 4.10. The second-order valence-electron chi connectivity index (χ2n) is 6.83. The van der Waals surface area contributed by atoms with Crippen molar-refractivity contribution in [2.75, 3.05) is 37.3 Å². The summed E-state index contributed by atoms with van der Waals surface area (Å²) in [6.07, 6.45) is 1.21. The van der Waals surface area contributed by atoms with E-state index in [1.807, 2.05) is 17.0 Å². The van der Waals surface area contributed by atoms with E-state index in [1.54, 1.807) is 24.3 Å². The van der Waals surface area contributed by atoms with E-state index in [0.717, 1.165) is 13.1 Å². The molecule has 0 spiro atoms. The van der Waals surface area contributed by atoms with Crippen molar-refractivity contribution in [1.82, 2.24) is 4.90 Å². The molecule has 5 nitrogen and oxygen atoms in total. The molecule has 0 aromatic heterocycles. The first-order valence-electron chi connectivity index (χ1n) is 8.70. The second-order valence-corrected chi connectivity index (χ2v) is 8.97. The summed E-state index contributed by atoms with van der Waals surface area (Å²) in [6.45, 7) is 5.08. The highest BCUT2D eigenvalue weighted by molar-refractivity contribution is 7.89. The smallest absolute Gasteiger partial charge is 0.253 e. The molecule has 3 rings (SSSR count). The van der Waals surface area contributed by atoms with Gasteiger partial charge in [-0.1, -0.05) is 30.3 Å². The first-order valence-corrected chi connectivity index (χ1v) is 10.8. The molecule has 138 valence electrons. The largest absolute Gasteiger partial charge is 0.368 e. The molecule has 1 aliphatic rings. The number of benzene rings is 2. The lowest BCUT2D eigenvalue weighted by molar-refractivity contribution is 0.0747. The Labute approximate surface area is 155 Å². The second kappa shape index (κ2) is 7.50. The maximum atomic E-state index is 12.7. The van der Waals surface area contributed by atoms with Crippen LogP contribution in [0.5, 0.6) is 0 Å². The van der Waals surface area contributed by atoms with Gasteiger partial charge in [0.1, 0.15) is 0 Å². The molecule has 2 aromatic carbocycles. The van der Waals surface area contributed by atoms with Crippen LogP contribution in [-0.2, 0) is 15.6 Å². The third kappa shape index (κ3) is 4.43. The molecule has 1 fully saturated rings. The SMILES string of the molecule is Cc1ccccc1N1CCN(C(=O)c2ccc(CS(C)(=O)=O)cc2)CC1. The number of piperazine rings is 1. The standard InChI is InChI=1S/C20H24N2O3S/c1-16-5-3-4-6-19(16)21-11-13-22(14-12-21)20(23)18-9-7-17(8-10-18)15-26(2,24)25/h3-10H,11-15H2,1-2H3. The normalized spacial score (nSPS) is 15.2. The van der Waals surface area contributed by atoms with Crippen LogP contribution < -0.4 is 4.90 Å². The fourth-order valence-electron chi connectivity index (χ4n) is 3.30. The Bertz CT molecular complexity index is 884. The molecule has 0 N–H and O–H groups in total. The number of sulfone groups is 1. The highest BCUT2D eigenvalue weighted by Crippen LogP contribution is 2.21. The van der Waals surface area contributed by atoms with Crippen molar-refractivity contribution in [2.24, 2.45) is 0 Å². The minimum absolute atomic E-state index is 0.000314. The van der Waals surface area contributed by atoms with Gasteiger partial charge in [0.15, 0.2) is 9.84 Å². The number of anilines is 1. The van der Waals surface area contributed by atoms with E-state index >= 15 is 0 Å². The van der Waals surface area contributed by atoms with Crippen LogP contribution in [0.15, 0.2) is 48.5 Å². The predicted octanol–water partition coefficient (Wildman–Crippen LogP) is 2.50. The number of aryl methyl sites for hydroxylation is 1. The van der Waals surface area contributed by atoms with Crippen molar-refractivity contribution in [3.63, 3.8) is 0 Å². The number of carbonyl (C=O) groups excluding carboxylic acids is 1. The highest BCUT2D eigenvalue weighted by atomic mass is 32.2. The zero-order valence-corrected chi connectivity index (χ0v) is 16.0. The molecule has 0 aliphatic carbocycles. The van der Waals surface area contributed by atoms with E-state index in [1.165, 1.54) is 17.5 Å². The summed E-state index contributed by atoms with van der Waals surface area (Å²) in [4.78, 5) is 16.9. The van der Waals surface area contributed by atoms with Crippen LogP contribution in [0, 0.1) is 6.92 Å². The van der Waals surface area contributed by atoms with Gasteiger partial charge in [-0.25, -0.2) is 8.42 Å². The van der Waals surface area contributed by atoms with E-state index in [0.29, 0.717) is 24.2 Å². The average Bonchev–Trinajstić information content (AvgIpc) is 2.61. The Morgan fingerprint density at radius 1 is 0.962 bits per heavy atom. The van der Waals surface area contributed by atoms with Crippen LogP contribution in [0.3, 0.4) is 0 Å². The van der Waals surface area contributed by atoms with Gasteiger partial charge in [-0.05, 0) is 36.2 Å². The summed E-state index contributed by atoms with van der Waals surface area (Å²) in [5.41, 5.74) is 3.78. The van der Waals surface area contributed by atoms with Gasteiger partial charge in [0, 0.05) is 43.7 Å². The van der Waals surface area contributed by atoms with Crippen molar-refractivity contribution in [3.05, 3.63) is 65.2 Å². The zero-order chi connectivity index (χ0) is 18.7. The Hall–Kier alpha value is -2.34. The van der Waals surface area contributed by atoms with Crippen molar-refractivity contribution in [2.45, 2.75) is 12.7 Å². The summed E-state index contributed by atoms with van der Waals surface area (Å²) in [7, 11) is -3.07. The summed E-state index contributed by atoms with van der Waals surface area (Å²) in [5.74, 6) is -0.00309. The summed E-state index contributed by atoms with van der Waals surface area (Å²) in [6, 6.07) is 15.2. The first kappa shape index (κ1) is 18.5. The number of amides is 1. The van der Waals surface area contributed by atoms with Gasteiger partial charge in [-0.2, -0.15) is 0 Å². The molecule has 1 saturated heterocycles. The lowest BCUT2D eigenvalue weighted by atomic mass is 10.1. The van der Waals surface area contributed by atoms with Gasteiger partial charge in [-0.15, -0.1) is 0 Å². The molecule has 0 bridgehead atoms. The van der Waals surface area contributed by atoms with Gasteiger partial charge in [0.05, 0.1) is 5.75 Å². The minimum Gasteiger partial charge on any atom is -0.368 e. The van der Waals surface area contributed by atoms with Crippen LogP contribution in [-0.4, -0.2) is 51.7 Å². The molecule has 0 atom stereocenters. The quantitative estimate of drug-likeness (QED) is 0.827. The molecule has 0 radical (unpaired) electrons. The van der Waals surface area contributed by atoms with Crippen LogP contribution in [0.1, 0.15) is 21.5 Å². The number of carbonyl (C=O) groups is 1. The van der Waals surface area contributed by atoms with Crippen molar-refractivity contribution >= 4 is 21.4 Å². The van der Waals surface area contributed by atoms with Crippen molar-refractivity contribution < 1.29 is 13.2 Å². The number of nitrogens with zero attached hydrogens (tertiary/aromatic N) is 2. The van der Waals surface area contributed by atoms with Crippen LogP contribution >= 0.6 is 0 Å². The molecule has 2 aromatic rings. The number of hydrogen-bond donors (Lipinski definition) is 0. The zero-order valence-electron chi connectivity index (χ0n) is 15.2. The Morgan fingerprint density at radius 3 is 2.15 bits per heavy atom. The molecule has 6 heteroatoms. The van der Waals surface area contributed by atoms with Gasteiger partial charge < -0.3 is 9.80 Å². The predicted molar refractivity (Wildman–Crippen MR) is 104 cm³/mol. The fraction of sp³-hybridized carbons (Fsp3) is 0.350. The van der Waals surface area contributed by atoms with E-state index in [9.17, 15) is 13.2 Å². The van der Waals surface area contributed by atoms with E-state index in [4.69, 9.17) is 0 Å². The Balaban J connectivity index is 1.62. The molecule has 1 amide bonds. The summed E-state index contributed by atoms with van der Waals surface area (Å²) in [5, 5.41) is 0. The molecule has 0 unspecified atom stereocenters. The van der Waals surface area contributed by atoms with Crippen LogP contribution in [0.4, 0.5) is 5.69 Å². The molecule has 26 heavy (non-hydrogen) atoms. The topological polar surface area (TPSA) is 57.7 Å². The van der Waals surface area contributed by atoms with Crippen molar-refractivity contribution in [3.8, 4) is 0 Å². The maximum Gasteiger partial charge on any atom is 0.253 e. The van der Waals surface area contributed by atoms with Gasteiger partial charge >= 0.3 is 0 Å². The molecular weight excluding hydrogens is 348 g/mol. The van der Waals surface area contributed by atoms with Crippen LogP contribution in [0.2, 0.25) is 0 Å². The lowest BCUT2D eigenvalue weighted by Gasteiger charge is -2.36. The molecule has 1 heterocycles. The van der Waals surface area contributed by atoms with E-state index < -0.39 is 9.84 Å². The third-order valence-corrected chi connectivity index (χ3v) is 5.51.